The zero-order valence-electron chi connectivity index (χ0n) is 9.77. The van der Waals surface area contributed by atoms with E-state index >= 15 is 0 Å². The quantitative estimate of drug-likeness (QED) is 0.813. The van der Waals surface area contributed by atoms with Crippen molar-refractivity contribution in [1.29, 1.82) is 0 Å². The van der Waals surface area contributed by atoms with Crippen LogP contribution in [0.2, 0.25) is 0 Å². The molecule has 1 aromatic heterocycles. The van der Waals surface area contributed by atoms with Crippen LogP contribution in [0.25, 0.3) is 0 Å². The van der Waals surface area contributed by atoms with Gasteiger partial charge < -0.3 is 15.0 Å². The maximum atomic E-state index is 11.8. The summed E-state index contributed by atoms with van der Waals surface area (Å²) in [6.45, 7) is 3.19. The zero-order chi connectivity index (χ0) is 12.9. The van der Waals surface area contributed by atoms with Gasteiger partial charge in [0.15, 0.2) is 0 Å². The van der Waals surface area contributed by atoms with Gasteiger partial charge in [-0.3, -0.25) is 0 Å². The van der Waals surface area contributed by atoms with Crippen molar-refractivity contribution in [2.24, 2.45) is 0 Å². The van der Waals surface area contributed by atoms with Gasteiger partial charge in [0.2, 0.25) is 0 Å². The standard InChI is InChI=1S/C10H16F3N3O/c1-7(2)14-3-8-4-15-9(16-8)5-17-6-10(11,12)13/h4,7,14H,3,5-6H2,1-2H3,(H,15,16). The normalized spacial score (nSPS) is 12.4. The lowest BCUT2D eigenvalue weighted by Gasteiger charge is -2.06. The van der Waals surface area contributed by atoms with Gasteiger partial charge >= 0.3 is 6.18 Å². The summed E-state index contributed by atoms with van der Waals surface area (Å²) in [5.74, 6) is 0.398. The number of aromatic nitrogens is 2. The highest BCUT2D eigenvalue weighted by atomic mass is 19.4. The van der Waals surface area contributed by atoms with Crippen molar-refractivity contribution < 1.29 is 17.9 Å². The summed E-state index contributed by atoms with van der Waals surface area (Å²) in [6, 6.07) is 0.336. The number of aromatic amines is 1. The van der Waals surface area contributed by atoms with E-state index in [-0.39, 0.29) is 6.61 Å². The van der Waals surface area contributed by atoms with Gasteiger partial charge in [0, 0.05) is 24.5 Å². The third-order valence-electron chi connectivity index (χ3n) is 1.89. The molecule has 1 rings (SSSR count). The molecular formula is C10H16F3N3O. The molecular weight excluding hydrogens is 235 g/mol. The van der Waals surface area contributed by atoms with Crippen molar-refractivity contribution in [3.8, 4) is 0 Å². The van der Waals surface area contributed by atoms with Crippen LogP contribution in [0.5, 0.6) is 0 Å². The number of ether oxygens (including phenoxy) is 1. The second-order valence-electron chi connectivity index (χ2n) is 4.00. The number of H-pyrrole nitrogens is 1. The van der Waals surface area contributed by atoms with Crippen molar-refractivity contribution in [3.05, 3.63) is 17.7 Å². The number of hydrogen-bond donors (Lipinski definition) is 2. The topological polar surface area (TPSA) is 49.9 Å². The van der Waals surface area contributed by atoms with Gasteiger partial charge in [-0.25, -0.2) is 4.98 Å². The molecule has 0 aromatic carbocycles. The lowest BCUT2D eigenvalue weighted by Crippen LogP contribution is -2.22. The Hall–Kier alpha value is -1.08. The van der Waals surface area contributed by atoms with E-state index in [1.165, 1.54) is 0 Å². The average Bonchev–Trinajstić information content (AvgIpc) is 2.61. The van der Waals surface area contributed by atoms with Crippen LogP contribution in [0.1, 0.15) is 25.4 Å². The van der Waals surface area contributed by atoms with Crippen LogP contribution >= 0.6 is 0 Å². The van der Waals surface area contributed by atoms with E-state index in [1.54, 1.807) is 6.20 Å². The number of imidazole rings is 1. The minimum absolute atomic E-state index is 0.165. The van der Waals surface area contributed by atoms with Gasteiger partial charge in [0.25, 0.3) is 0 Å². The largest absolute Gasteiger partial charge is 0.411 e. The minimum atomic E-state index is -4.30. The van der Waals surface area contributed by atoms with E-state index in [1.807, 2.05) is 13.8 Å². The lowest BCUT2D eigenvalue weighted by molar-refractivity contribution is -0.177. The zero-order valence-corrected chi connectivity index (χ0v) is 9.77. The second kappa shape index (κ2) is 6.02. The Morgan fingerprint density at radius 3 is 2.76 bits per heavy atom. The first kappa shape index (κ1) is 14.0. The molecule has 0 bridgehead atoms. The van der Waals surface area contributed by atoms with E-state index in [0.717, 1.165) is 5.69 Å². The summed E-state index contributed by atoms with van der Waals surface area (Å²) in [4.78, 5) is 6.81. The Balaban J connectivity index is 2.31. The van der Waals surface area contributed by atoms with Gasteiger partial charge in [0.05, 0.1) is 0 Å². The second-order valence-corrected chi connectivity index (χ2v) is 4.00. The van der Waals surface area contributed by atoms with Crippen molar-refractivity contribution in [2.75, 3.05) is 6.61 Å². The molecule has 0 fully saturated rings. The molecule has 0 saturated heterocycles. The Morgan fingerprint density at radius 2 is 2.18 bits per heavy atom. The summed E-state index contributed by atoms with van der Waals surface area (Å²) in [5, 5.41) is 3.16. The monoisotopic (exact) mass is 251 g/mol. The first-order chi connectivity index (χ1) is 7.87. The van der Waals surface area contributed by atoms with Gasteiger partial charge in [-0.15, -0.1) is 0 Å². The molecule has 0 spiro atoms. The van der Waals surface area contributed by atoms with E-state index in [9.17, 15) is 13.2 Å². The molecule has 0 amide bonds. The lowest BCUT2D eigenvalue weighted by atomic mass is 10.4. The van der Waals surface area contributed by atoms with Gasteiger partial charge in [-0.05, 0) is 0 Å². The predicted molar refractivity (Wildman–Crippen MR) is 56.3 cm³/mol. The molecule has 2 N–H and O–H groups in total. The molecule has 0 atom stereocenters. The van der Waals surface area contributed by atoms with E-state index < -0.39 is 12.8 Å². The first-order valence-electron chi connectivity index (χ1n) is 5.27. The van der Waals surface area contributed by atoms with Crippen molar-refractivity contribution in [1.82, 2.24) is 15.3 Å². The first-order valence-corrected chi connectivity index (χ1v) is 5.27. The summed E-state index contributed by atoms with van der Waals surface area (Å²) in [6.07, 6.45) is -2.71. The van der Waals surface area contributed by atoms with Crippen molar-refractivity contribution in [3.63, 3.8) is 0 Å². The number of hydrogen-bond acceptors (Lipinski definition) is 3. The highest BCUT2D eigenvalue weighted by Gasteiger charge is 2.27. The average molecular weight is 251 g/mol. The third kappa shape index (κ3) is 6.28. The fourth-order valence-electron chi connectivity index (χ4n) is 1.15. The van der Waals surface area contributed by atoms with Crippen LogP contribution in [0.15, 0.2) is 6.20 Å². The van der Waals surface area contributed by atoms with Gasteiger partial charge in [-0.2, -0.15) is 13.2 Å². The molecule has 1 aromatic rings. The number of rotatable bonds is 6. The highest BCUT2D eigenvalue weighted by molar-refractivity contribution is 5.00. The van der Waals surface area contributed by atoms with Gasteiger partial charge in [0.1, 0.15) is 19.0 Å². The molecule has 7 heteroatoms. The Bertz CT molecular complexity index is 336. The predicted octanol–water partition coefficient (Wildman–Crippen LogP) is 1.99. The summed E-state index contributed by atoms with van der Waals surface area (Å²) in [5.41, 5.74) is 0.823. The maximum Gasteiger partial charge on any atom is 0.411 e. The number of nitrogens with zero attached hydrogens (tertiary/aromatic N) is 1. The van der Waals surface area contributed by atoms with Crippen LogP contribution in [0.3, 0.4) is 0 Å². The SMILES string of the molecule is CC(C)NCc1cnc(COCC(F)(F)F)[nH]1. The molecule has 0 aliphatic heterocycles. The van der Waals surface area contributed by atoms with Crippen LogP contribution in [0, 0.1) is 0 Å². The van der Waals surface area contributed by atoms with E-state index in [0.29, 0.717) is 18.4 Å². The smallest absolute Gasteiger partial charge is 0.364 e. The molecule has 0 saturated carbocycles. The Kier molecular flexibility index (Phi) is 4.95. The van der Waals surface area contributed by atoms with E-state index in [2.05, 4.69) is 20.0 Å². The molecule has 0 radical (unpaired) electrons. The summed E-state index contributed by atoms with van der Waals surface area (Å²) < 4.78 is 39.9. The third-order valence-corrected chi connectivity index (χ3v) is 1.89. The number of alkyl halides is 3. The highest BCUT2D eigenvalue weighted by Crippen LogP contribution is 2.15. The Labute approximate surface area is 97.6 Å². The number of nitrogens with one attached hydrogen (secondary N) is 2. The van der Waals surface area contributed by atoms with Crippen molar-refractivity contribution >= 4 is 0 Å². The van der Waals surface area contributed by atoms with Crippen LogP contribution < -0.4 is 5.32 Å². The van der Waals surface area contributed by atoms with E-state index in [4.69, 9.17) is 0 Å². The molecule has 4 nitrogen and oxygen atoms in total. The fraction of sp³-hybridized carbons (Fsp3) is 0.700. The molecule has 1 heterocycles. The minimum Gasteiger partial charge on any atom is -0.364 e. The molecule has 17 heavy (non-hydrogen) atoms. The fourth-order valence-corrected chi connectivity index (χ4v) is 1.15. The summed E-state index contributed by atoms with van der Waals surface area (Å²) >= 11 is 0. The van der Waals surface area contributed by atoms with Crippen LogP contribution in [-0.2, 0) is 17.9 Å². The maximum absolute atomic E-state index is 11.8. The summed E-state index contributed by atoms with van der Waals surface area (Å²) in [7, 11) is 0. The van der Waals surface area contributed by atoms with Crippen LogP contribution in [0.4, 0.5) is 13.2 Å². The molecule has 0 unspecified atom stereocenters. The number of halogens is 3. The Morgan fingerprint density at radius 1 is 1.47 bits per heavy atom. The van der Waals surface area contributed by atoms with Crippen molar-refractivity contribution in [2.45, 2.75) is 39.2 Å². The molecule has 98 valence electrons. The van der Waals surface area contributed by atoms with Crippen LogP contribution in [-0.4, -0.2) is 28.8 Å². The molecule has 0 aliphatic carbocycles. The van der Waals surface area contributed by atoms with Gasteiger partial charge in [-0.1, -0.05) is 13.8 Å². The molecule has 0 aliphatic rings.